The van der Waals surface area contributed by atoms with Crippen LogP contribution in [0.2, 0.25) is 0 Å². The van der Waals surface area contributed by atoms with Gasteiger partial charge in [-0.2, -0.15) is 0 Å². The lowest BCUT2D eigenvalue weighted by molar-refractivity contribution is -0.129. The van der Waals surface area contributed by atoms with Gasteiger partial charge in [-0.3, -0.25) is 4.79 Å². The SMILES string of the molecule is CN(C)CCN(C(=O)/C=C/c1ccc(O)cc1)[C@H]1CC[C@H](C)CC1. The fraction of sp³-hybridized carbons (Fsp3) is 0.550. The molecule has 1 aromatic carbocycles. The maximum absolute atomic E-state index is 12.7. The minimum Gasteiger partial charge on any atom is -0.508 e. The molecule has 0 aromatic heterocycles. The molecule has 1 aliphatic rings. The summed E-state index contributed by atoms with van der Waals surface area (Å²) in [4.78, 5) is 16.9. The zero-order valence-corrected chi connectivity index (χ0v) is 15.1. The standard InChI is InChI=1S/C20H30N2O2/c1-16-4-9-18(10-5-16)22(15-14-21(2)3)20(24)13-8-17-6-11-19(23)12-7-17/h6-8,11-13,16,18,23H,4-5,9-10,14-15H2,1-3H3/b13-8+/t16-,18-. The Bertz CT molecular complexity index is 543. The van der Waals surface area contributed by atoms with Gasteiger partial charge < -0.3 is 14.9 Å². The van der Waals surface area contributed by atoms with E-state index < -0.39 is 0 Å². The first-order valence-electron chi connectivity index (χ1n) is 8.88. The normalized spacial score (nSPS) is 21.3. The third-order valence-corrected chi connectivity index (χ3v) is 4.81. The topological polar surface area (TPSA) is 43.8 Å². The van der Waals surface area contributed by atoms with Crippen molar-refractivity contribution in [3.63, 3.8) is 0 Å². The van der Waals surface area contributed by atoms with E-state index >= 15 is 0 Å². The molecule has 0 spiro atoms. The summed E-state index contributed by atoms with van der Waals surface area (Å²) in [6.07, 6.45) is 8.12. The second-order valence-electron chi connectivity index (χ2n) is 7.17. The Hall–Kier alpha value is -1.81. The highest BCUT2D eigenvalue weighted by Crippen LogP contribution is 2.27. The number of carbonyl (C=O) groups is 1. The van der Waals surface area contributed by atoms with Gasteiger partial charge in [0.05, 0.1) is 0 Å². The van der Waals surface area contributed by atoms with Gasteiger partial charge in [-0.1, -0.05) is 19.1 Å². The maximum atomic E-state index is 12.7. The first-order chi connectivity index (χ1) is 11.5. The van der Waals surface area contributed by atoms with Crippen LogP contribution in [0.15, 0.2) is 30.3 Å². The summed E-state index contributed by atoms with van der Waals surface area (Å²) < 4.78 is 0. The highest BCUT2D eigenvalue weighted by atomic mass is 16.3. The monoisotopic (exact) mass is 330 g/mol. The number of rotatable bonds is 6. The summed E-state index contributed by atoms with van der Waals surface area (Å²) in [6.45, 7) is 3.95. The molecule has 0 radical (unpaired) electrons. The van der Waals surface area contributed by atoms with Crippen molar-refractivity contribution in [1.29, 1.82) is 0 Å². The molecule has 0 aliphatic heterocycles. The van der Waals surface area contributed by atoms with Crippen molar-refractivity contribution in [3.8, 4) is 5.75 Å². The minimum absolute atomic E-state index is 0.0875. The summed E-state index contributed by atoms with van der Waals surface area (Å²) in [5, 5.41) is 9.33. The zero-order valence-electron chi connectivity index (χ0n) is 15.1. The summed E-state index contributed by atoms with van der Waals surface area (Å²) in [5.41, 5.74) is 0.922. The summed E-state index contributed by atoms with van der Waals surface area (Å²) in [6, 6.07) is 7.25. The molecule has 0 atom stereocenters. The molecule has 0 bridgehead atoms. The van der Waals surface area contributed by atoms with Gasteiger partial charge in [0.2, 0.25) is 5.91 Å². The highest BCUT2D eigenvalue weighted by Gasteiger charge is 2.26. The third kappa shape index (κ3) is 5.68. The van der Waals surface area contributed by atoms with Crippen LogP contribution in [0.25, 0.3) is 6.08 Å². The molecule has 4 heteroatoms. The summed E-state index contributed by atoms with van der Waals surface area (Å²) >= 11 is 0. The van der Waals surface area contributed by atoms with Crippen LogP contribution in [0.4, 0.5) is 0 Å². The Morgan fingerprint density at radius 2 is 1.75 bits per heavy atom. The van der Waals surface area contributed by atoms with Gasteiger partial charge in [0.25, 0.3) is 0 Å². The molecule has 1 fully saturated rings. The van der Waals surface area contributed by atoms with E-state index in [2.05, 4.69) is 11.8 Å². The van der Waals surface area contributed by atoms with Crippen LogP contribution in [0.1, 0.15) is 38.2 Å². The second kappa shape index (κ2) is 8.88. The van der Waals surface area contributed by atoms with Gasteiger partial charge in [-0.05, 0) is 69.5 Å². The van der Waals surface area contributed by atoms with E-state index in [1.54, 1.807) is 18.2 Å². The smallest absolute Gasteiger partial charge is 0.246 e. The lowest BCUT2D eigenvalue weighted by Crippen LogP contribution is -2.44. The van der Waals surface area contributed by atoms with Crippen LogP contribution in [-0.4, -0.2) is 54.0 Å². The summed E-state index contributed by atoms with van der Waals surface area (Å²) in [5.74, 6) is 1.10. The fourth-order valence-corrected chi connectivity index (χ4v) is 3.18. The quantitative estimate of drug-likeness (QED) is 0.813. The van der Waals surface area contributed by atoms with Crippen molar-refractivity contribution in [2.24, 2.45) is 5.92 Å². The van der Waals surface area contributed by atoms with Crippen LogP contribution in [0, 0.1) is 5.92 Å². The maximum Gasteiger partial charge on any atom is 0.246 e. The van der Waals surface area contributed by atoms with Crippen molar-refractivity contribution < 1.29 is 9.90 Å². The predicted octanol–water partition coefficient (Wildman–Crippen LogP) is 3.37. The second-order valence-corrected chi connectivity index (χ2v) is 7.17. The van der Waals surface area contributed by atoms with Crippen molar-refractivity contribution in [2.75, 3.05) is 27.2 Å². The Morgan fingerprint density at radius 1 is 1.12 bits per heavy atom. The van der Waals surface area contributed by atoms with Crippen molar-refractivity contribution in [3.05, 3.63) is 35.9 Å². The van der Waals surface area contributed by atoms with Crippen LogP contribution in [-0.2, 0) is 4.79 Å². The van der Waals surface area contributed by atoms with Gasteiger partial charge in [-0.25, -0.2) is 0 Å². The van der Waals surface area contributed by atoms with E-state index in [1.807, 2.05) is 37.2 Å². The van der Waals surface area contributed by atoms with E-state index in [9.17, 15) is 9.90 Å². The molecule has 1 saturated carbocycles. The molecule has 1 N–H and O–H groups in total. The zero-order chi connectivity index (χ0) is 17.5. The Morgan fingerprint density at radius 3 is 2.33 bits per heavy atom. The number of amides is 1. The Balaban J connectivity index is 2.04. The van der Waals surface area contributed by atoms with Gasteiger partial charge >= 0.3 is 0 Å². The molecule has 1 aromatic rings. The minimum atomic E-state index is 0.0875. The molecule has 2 rings (SSSR count). The highest BCUT2D eigenvalue weighted by molar-refractivity contribution is 5.92. The van der Waals surface area contributed by atoms with E-state index in [4.69, 9.17) is 0 Å². The molecule has 1 amide bonds. The number of likely N-dealkylation sites (N-methyl/N-ethyl adjacent to an activating group) is 1. The van der Waals surface area contributed by atoms with E-state index in [1.165, 1.54) is 12.8 Å². The molecule has 24 heavy (non-hydrogen) atoms. The average molecular weight is 330 g/mol. The Labute approximate surface area is 145 Å². The molecular formula is C20H30N2O2. The van der Waals surface area contributed by atoms with Crippen molar-refractivity contribution >= 4 is 12.0 Å². The number of aromatic hydroxyl groups is 1. The molecule has 4 nitrogen and oxygen atoms in total. The number of phenols is 1. The van der Waals surface area contributed by atoms with E-state index in [0.717, 1.165) is 37.4 Å². The molecule has 1 aliphatic carbocycles. The first kappa shape index (κ1) is 18.5. The number of hydrogen-bond acceptors (Lipinski definition) is 3. The van der Waals surface area contributed by atoms with Crippen LogP contribution in [0.5, 0.6) is 5.75 Å². The van der Waals surface area contributed by atoms with Gasteiger partial charge in [0.15, 0.2) is 0 Å². The van der Waals surface area contributed by atoms with Gasteiger partial charge in [0, 0.05) is 25.2 Å². The van der Waals surface area contributed by atoms with E-state index in [0.29, 0.717) is 6.04 Å². The lowest BCUT2D eigenvalue weighted by Gasteiger charge is -2.36. The predicted molar refractivity (Wildman–Crippen MR) is 98.8 cm³/mol. The number of benzene rings is 1. The van der Waals surface area contributed by atoms with Gasteiger partial charge in [0.1, 0.15) is 5.75 Å². The number of hydrogen-bond donors (Lipinski definition) is 1. The van der Waals surface area contributed by atoms with Crippen LogP contribution >= 0.6 is 0 Å². The van der Waals surface area contributed by atoms with Crippen LogP contribution in [0.3, 0.4) is 0 Å². The number of nitrogens with zero attached hydrogens (tertiary/aromatic N) is 2. The average Bonchev–Trinajstić information content (AvgIpc) is 2.56. The third-order valence-electron chi connectivity index (χ3n) is 4.81. The summed E-state index contributed by atoms with van der Waals surface area (Å²) in [7, 11) is 4.08. The van der Waals surface area contributed by atoms with Crippen molar-refractivity contribution in [1.82, 2.24) is 9.80 Å². The molecule has 0 unspecified atom stereocenters. The fourth-order valence-electron chi connectivity index (χ4n) is 3.18. The molecular weight excluding hydrogens is 300 g/mol. The number of carbonyl (C=O) groups excluding carboxylic acids is 1. The van der Waals surface area contributed by atoms with Crippen molar-refractivity contribution in [2.45, 2.75) is 38.6 Å². The number of phenolic OH excluding ortho intramolecular Hbond substituents is 1. The largest absolute Gasteiger partial charge is 0.508 e. The lowest BCUT2D eigenvalue weighted by atomic mass is 9.86. The molecule has 0 heterocycles. The first-order valence-corrected chi connectivity index (χ1v) is 8.88. The molecule has 0 saturated heterocycles. The molecule has 132 valence electrons. The van der Waals surface area contributed by atoms with E-state index in [-0.39, 0.29) is 11.7 Å². The Kier molecular flexibility index (Phi) is 6.85. The van der Waals surface area contributed by atoms with Crippen LogP contribution < -0.4 is 0 Å². The van der Waals surface area contributed by atoms with Gasteiger partial charge in [-0.15, -0.1) is 0 Å².